The summed E-state index contributed by atoms with van der Waals surface area (Å²) >= 11 is 5.99. The maximum atomic E-state index is 12.9. The first kappa shape index (κ1) is 25.7. The highest BCUT2D eigenvalue weighted by Gasteiger charge is 2.41. The molecule has 0 amide bonds. The molecule has 0 aliphatic carbocycles. The summed E-state index contributed by atoms with van der Waals surface area (Å²) in [6, 6.07) is 5.75. The van der Waals surface area contributed by atoms with Gasteiger partial charge in [-0.15, -0.1) is 24.0 Å². The Morgan fingerprint density at radius 2 is 2.00 bits per heavy atom. The van der Waals surface area contributed by atoms with E-state index in [1.807, 2.05) is 17.0 Å². The van der Waals surface area contributed by atoms with E-state index in [0.717, 1.165) is 5.56 Å². The SMILES string of the molecule is CN=C(NCCc1nc(-c2cccc(Cl)c2)no1)N1CCN(C(C)C(F)(F)F)CC1.I. The van der Waals surface area contributed by atoms with Crippen molar-refractivity contribution in [1.29, 1.82) is 0 Å². The maximum Gasteiger partial charge on any atom is 0.403 e. The van der Waals surface area contributed by atoms with Gasteiger partial charge in [-0.3, -0.25) is 9.89 Å². The van der Waals surface area contributed by atoms with Crippen LogP contribution in [-0.2, 0) is 6.42 Å². The van der Waals surface area contributed by atoms with Crippen LogP contribution in [0, 0.1) is 0 Å². The molecule has 0 spiro atoms. The number of aromatic nitrogens is 2. The van der Waals surface area contributed by atoms with Crippen LogP contribution in [0.25, 0.3) is 11.4 Å². The van der Waals surface area contributed by atoms with E-state index in [2.05, 4.69) is 20.4 Å². The summed E-state index contributed by atoms with van der Waals surface area (Å²) in [6.45, 7) is 3.30. The molecular formula is C19H25ClF3IN6O. The van der Waals surface area contributed by atoms with Gasteiger partial charge in [0, 0.05) is 56.8 Å². The molecule has 1 aliphatic rings. The molecule has 0 saturated carbocycles. The second-order valence-corrected chi connectivity index (χ2v) is 7.42. The van der Waals surface area contributed by atoms with Gasteiger partial charge in [0.05, 0.1) is 0 Å². The summed E-state index contributed by atoms with van der Waals surface area (Å²) in [4.78, 5) is 12.0. The second kappa shape index (κ2) is 11.3. The molecule has 1 unspecified atom stereocenters. The lowest BCUT2D eigenvalue weighted by atomic mass is 10.2. The molecule has 1 fully saturated rings. The Morgan fingerprint density at radius 3 is 2.61 bits per heavy atom. The van der Waals surface area contributed by atoms with Crippen LogP contribution in [0.15, 0.2) is 33.8 Å². The molecule has 0 radical (unpaired) electrons. The van der Waals surface area contributed by atoms with Gasteiger partial charge in [-0.2, -0.15) is 18.2 Å². The van der Waals surface area contributed by atoms with Crippen LogP contribution in [0.5, 0.6) is 0 Å². The normalized spacial score (nSPS) is 16.7. The average molecular weight is 573 g/mol. The highest BCUT2D eigenvalue weighted by molar-refractivity contribution is 14.0. The Bertz CT molecular complexity index is 870. The minimum Gasteiger partial charge on any atom is -0.356 e. The maximum absolute atomic E-state index is 12.9. The quantitative estimate of drug-likeness (QED) is 0.335. The topological polar surface area (TPSA) is 69.8 Å². The number of alkyl halides is 3. The van der Waals surface area contributed by atoms with Crippen molar-refractivity contribution < 1.29 is 17.7 Å². The molecule has 1 aliphatic heterocycles. The Hall–Kier alpha value is -1.60. The molecule has 172 valence electrons. The first-order valence-electron chi connectivity index (χ1n) is 9.63. The van der Waals surface area contributed by atoms with Gasteiger partial charge in [-0.05, 0) is 19.1 Å². The van der Waals surface area contributed by atoms with Gasteiger partial charge < -0.3 is 14.7 Å². The second-order valence-electron chi connectivity index (χ2n) is 6.99. The largest absolute Gasteiger partial charge is 0.403 e. The van der Waals surface area contributed by atoms with Gasteiger partial charge in [-0.1, -0.05) is 28.9 Å². The van der Waals surface area contributed by atoms with E-state index in [4.69, 9.17) is 16.1 Å². The zero-order valence-corrected chi connectivity index (χ0v) is 20.3. The zero-order valence-electron chi connectivity index (χ0n) is 17.2. The Balaban J connectivity index is 0.00000341. The predicted molar refractivity (Wildman–Crippen MR) is 124 cm³/mol. The van der Waals surface area contributed by atoms with Gasteiger partial charge in [0.2, 0.25) is 11.7 Å². The lowest BCUT2D eigenvalue weighted by Crippen LogP contribution is -2.56. The number of hydrogen-bond donors (Lipinski definition) is 1. The number of aliphatic imine (C=N–C) groups is 1. The van der Waals surface area contributed by atoms with Gasteiger partial charge >= 0.3 is 6.18 Å². The molecule has 1 aromatic heterocycles. The molecular weight excluding hydrogens is 548 g/mol. The van der Waals surface area contributed by atoms with Crippen molar-refractivity contribution in [3.05, 3.63) is 35.2 Å². The smallest absolute Gasteiger partial charge is 0.356 e. The first-order chi connectivity index (χ1) is 14.3. The molecule has 2 aromatic rings. The Kier molecular flexibility index (Phi) is 9.37. The number of halogens is 5. The molecule has 1 saturated heterocycles. The fourth-order valence-electron chi connectivity index (χ4n) is 3.24. The number of piperazine rings is 1. The van der Waals surface area contributed by atoms with Gasteiger partial charge in [0.25, 0.3) is 0 Å². The molecule has 1 atom stereocenters. The molecule has 1 N–H and O–H groups in total. The summed E-state index contributed by atoms with van der Waals surface area (Å²) in [5.41, 5.74) is 0.771. The summed E-state index contributed by atoms with van der Waals surface area (Å²) < 4.78 is 44.0. The Labute approximate surface area is 201 Å². The number of rotatable bonds is 5. The molecule has 31 heavy (non-hydrogen) atoms. The summed E-state index contributed by atoms with van der Waals surface area (Å²) in [5.74, 6) is 1.58. The van der Waals surface area contributed by atoms with Crippen molar-refractivity contribution in [2.45, 2.75) is 25.6 Å². The van der Waals surface area contributed by atoms with Crippen LogP contribution in [0.1, 0.15) is 12.8 Å². The average Bonchev–Trinajstić information content (AvgIpc) is 3.19. The van der Waals surface area contributed by atoms with E-state index >= 15 is 0 Å². The number of nitrogens with zero attached hydrogens (tertiary/aromatic N) is 5. The first-order valence-corrected chi connectivity index (χ1v) is 10.0. The van der Waals surface area contributed by atoms with Crippen LogP contribution in [0.3, 0.4) is 0 Å². The third-order valence-corrected chi connectivity index (χ3v) is 5.26. The lowest BCUT2D eigenvalue weighted by Gasteiger charge is -2.39. The lowest BCUT2D eigenvalue weighted by molar-refractivity contribution is -0.181. The van der Waals surface area contributed by atoms with Crippen LogP contribution in [0.2, 0.25) is 5.02 Å². The van der Waals surface area contributed by atoms with Gasteiger partial charge in [0.15, 0.2) is 5.96 Å². The van der Waals surface area contributed by atoms with Crippen molar-refractivity contribution in [2.75, 3.05) is 39.8 Å². The fraction of sp³-hybridized carbons (Fsp3) is 0.526. The Morgan fingerprint density at radius 1 is 1.29 bits per heavy atom. The van der Waals surface area contributed by atoms with E-state index in [0.29, 0.717) is 61.8 Å². The molecule has 2 heterocycles. The van der Waals surface area contributed by atoms with E-state index in [9.17, 15) is 13.2 Å². The van der Waals surface area contributed by atoms with Crippen LogP contribution in [-0.4, -0.2) is 77.9 Å². The van der Waals surface area contributed by atoms with Crippen LogP contribution in [0.4, 0.5) is 13.2 Å². The molecule has 0 bridgehead atoms. The minimum absolute atomic E-state index is 0. The van der Waals surface area contributed by atoms with E-state index in [1.165, 1.54) is 11.8 Å². The fourth-order valence-corrected chi connectivity index (χ4v) is 3.43. The van der Waals surface area contributed by atoms with Crippen molar-refractivity contribution >= 4 is 41.5 Å². The number of hydrogen-bond acceptors (Lipinski definition) is 5. The van der Waals surface area contributed by atoms with E-state index < -0.39 is 12.2 Å². The highest BCUT2D eigenvalue weighted by atomic mass is 127. The van der Waals surface area contributed by atoms with Crippen molar-refractivity contribution in [2.24, 2.45) is 4.99 Å². The number of nitrogens with one attached hydrogen (secondary N) is 1. The molecule has 7 nitrogen and oxygen atoms in total. The van der Waals surface area contributed by atoms with E-state index in [1.54, 1.807) is 19.2 Å². The third-order valence-electron chi connectivity index (χ3n) is 5.02. The zero-order chi connectivity index (χ0) is 21.7. The van der Waals surface area contributed by atoms with E-state index in [-0.39, 0.29) is 24.0 Å². The van der Waals surface area contributed by atoms with Crippen molar-refractivity contribution in [3.8, 4) is 11.4 Å². The molecule has 12 heteroatoms. The van der Waals surface area contributed by atoms with Crippen molar-refractivity contribution in [1.82, 2.24) is 25.3 Å². The minimum atomic E-state index is -4.21. The number of benzene rings is 1. The van der Waals surface area contributed by atoms with Gasteiger partial charge in [-0.25, -0.2) is 0 Å². The monoisotopic (exact) mass is 572 g/mol. The third kappa shape index (κ3) is 6.94. The number of guanidine groups is 1. The van der Waals surface area contributed by atoms with Gasteiger partial charge in [0.1, 0.15) is 6.04 Å². The summed E-state index contributed by atoms with van der Waals surface area (Å²) in [5, 5.41) is 7.77. The molecule has 3 rings (SSSR count). The predicted octanol–water partition coefficient (Wildman–Crippen LogP) is 3.69. The van der Waals surface area contributed by atoms with Crippen molar-refractivity contribution in [3.63, 3.8) is 0 Å². The van der Waals surface area contributed by atoms with Crippen LogP contribution < -0.4 is 5.32 Å². The van der Waals surface area contributed by atoms with Crippen LogP contribution >= 0.6 is 35.6 Å². The summed E-state index contributed by atoms with van der Waals surface area (Å²) in [7, 11) is 1.65. The molecule has 1 aromatic carbocycles. The highest BCUT2D eigenvalue weighted by Crippen LogP contribution is 2.25. The summed E-state index contributed by atoms with van der Waals surface area (Å²) in [6.07, 6.45) is -3.73. The standard InChI is InChI=1S/C19H24ClF3N6O.HI/c1-13(19(21,22)23)28-8-10-29(11-9-28)18(24-2)25-7-6-16-26-17(27-30-16)14-4-3-5-15(20)12-14;/h3-5,12-13H,6-11H2,1-2H3,(H,24,25);1H.